The number of aromatic nitrogens is 2. The van der Waals surface area contributed by atoms with Crippen molar-refractivity contribution in [3.63, 3.8) is 0 Å². The fraction of sp³-hybridized carbons (Fsp3) is 0.333. The molecule has 0 atom stereocenters. The van der Waals surface area contributed by atoms with E-state index >= 15 is 0 Å². The van der Waals surface area contributed by atoms with Crippen molar-refractivity contribution in [2.75, 3.05) is 0 Å². The lowest BCUT2D eigenvalue weighted by Gasteiger charge is -2.08. The number of hydrogen-bond donors (Lipinski definition) is 0. The Balaban J connectivity index is 2.80. The molecule has 2 rings (SSSR count). The molecule has 0 bridgehead atoms. The first-order chi connectivity index (χ1) is 7.11. The Morgan fingerprint density at radius 3 is 2.73 bits per heavy atom. The van der Waals surface area contributed by atoms with Crippen LogP contribution in [0.4, 0.5) is 0 Å². The molecule has 0 aliphatic rings. The maximum Gasteiger partial charge on any atom is 0.176 e. The van der Waals surface area contributed by atoms with Crippen LogP contribution in [0.25, 0.3) is 5.52 Å². The highest BCUT2D eigenvalue weighted by molar-refractivity contribution is 5.93. The second kappa shape index (κ2) is 3.50. The summed E-state index contributed by atoms with van der Waals surface area (Å²) in [6.07, 6.45) is 1.81. The molecule has 0 radical (unpaired) electrons. The van der Waals surface area contributed by atoms with Gasteiger partial charge in [-0.1, -0.05) is 19.9 Å². The SMILES string of the molecule is CC(=O)c1cccc2cnc(C(C)C)n12. The predicted octanol–water partition coefficient (Wildman–Crippen LogP) is 2.66. The maximum atomic E-state index is 11.5. The van der Waals surface area contributed by atoms with Gasteiger partial charge in [-0.25, -0.2) is 4.98 Å². The number of Topliss-reactive ketones (excluding diaryl/α,β-unsaturated/α-hetero) is 1. The Kier molecular flexibility index (Phi) is 2.31. The van der Waals surface area contributed by atoms with Crippen molar-refractivity contribution in [2.45, 2.75) is 26.7 Å². The molecule has 3 heteroatoms. The number of carbonyl (C=O) groups is 1. The molecule has 0 aliphatic heterocycles. The van der Waals surface area contributed by atoms with Gasteiger partial charge in [0.1, 0.15) is 5.82 Å². The van der Waals surface area contributed by atoms with E-state index < -0.39 is 0 Å². The lowest BCUT2D eigenvalue weighted by atomic mass is 10.2. The smallest absolute Gasteiger partial charge is 0.176 e. The first-order valence-electron chi connectivity index (χ1n) is 5.08. The van der Waals surface area contributed by atoms with E-state index in [1.54, 1.807) is 6.92 Å². The number of fused-ring (bicyclic) bond motifs is 1. The largest absolute Gasteiger partial charge is 0.293 e. The lowest BCUT2D eigenvalue weighted by Crippen LogP contribution is -2.06. The Labute approximate surface area is 88.8 Å². The van der Waals surface area contributed by atoms with Crippen molar-refractivity contribution in [1.29, 1.82) is 0 Å². The van der Waals surface area contributed by atoms with Crippen LogP contribution >= 0.6 is 0 Å². The monoisotopic (exact) mass is 202 g/mol. The van der Waals surface area contributed by atoms with Crippen molar-refractivity contribution >= 4 is 11.3 Å². The maximum absolute atomic E-state index is 11.5. The van der Waals surface area contributed by atoms with Gasteiger partial charge in [0.15, 0.2) is 5.78 Å². The summed E-state index contributed by atoms with van der Waals surface area (Å²) >= 11 is 0. The summed E-state index contributed by atoms with van der Waals surface area (Å²) in [5.74, 6) is 1.32. The molecule has 0 amide bonds. The van der Waals surface area contributed by atoms with Gasteiger partial charge < -0.3 is 0 Å². The Morgan fingerprint density at radius 1 is 1.40 bits per heavy atom. The number of imidazole rings is 1. The summed E-state index contributed by atoms with van der Waals surface area (Å²) in [4.78, 5) is 15.8. The summed E-state index contributed by atoms with van der Waals surface area (Å²) in [5.41, 5.74) is 1.68. The van der Waals surface area contributed by atoms with E-state index in [1.807, 2.05) is 28.8 Å². The molecule has 0 N–H and O–H groups in total. The van der Waals surface area contributed by atoms with E-state index in [0.717, 1.165) is 11.3 Å². The summed E-state index contributed by atoms with van der Waals surface area (Å²) in [5, 5.41) is 0. The Hall–Kier alpha value is -1.64. The lowest BCUT2D eigenvalue weighted by molar-refractivity contribution is 0.101. The highest BCUT2D eigenvalue weighted by Crippen LogP contribution is 2.18. The van der Waals surface area contributed by atoms with Crippen LogP contribution in [0.5, 0.6) is 0 Å². The zero-order valence-corrected chi connectivity index (χ0v) is 9.19. The van der Waals surface area contributed by atoms with Crippen molar-refractivity contribution < 1.29 is 4.79 Å². The highest BCUT2D eigenvalue weighted by Gasteiger charge is 2.12. The van der Waals surface area contributed by atoms with E-state index in [2.05, 4.69) is 18.8 Å². The highest BCUT2D eigenvalue weighted by atomic mass is 16.1. The molecular formula is C12H14N2O. The van der Waals surface area contributed by atoms with Gasteiger partial charge in [0.25, 0.3) is 0 Å². The number of pyridine rings is 1. The van der Waals surface area contributed by atoms with Crippen molar-refractivity contribution in [2.24, 2.45) is 0 Å². The first-order valence-corrected chi connectivity index (χ1v) is 5.08. The molecule has 2 heterocycles. The summed E-state index contributed by atoms with van der Waals surface area (Å²) in [6, 6.07) is 5.69. The standard InChI is InChI=1S/C12H14N2O/c1-8(2)12-13-7-10-5-4-6-11(9(3)15)14(10)12/h4-8H,1-3H3. The van der Waals surface area contributed by atoms with Crippen LogP contribution in [-0.4, -0.2) is 15.2 Å². The van der Waals surface area contributed by atoms with E-state index in [-0.39, 0.29) is 5.78 Å². The van der Waals surface area contributed by atoms with Gasteiger partial charge in [0, 0.05) is 12.8 Å². The second-order valence-corrected chi connectivity index (χ2v) is 4.00. The number of nitrogens with zero attached hydrogens (tertiary/aromatic N) is 2. The van der Waals surface area contributed by atoms with Crippen LogP contribution in [0.2, 0.25) is 0 Å². The normalized spacial score (nSPS) is 11.2. The van der Waals surface area contributed by atoms with Gasteiger partial charge in [-0.05, 0) is 12.1 Å². The topological polar surface area (TPSA) is 34.4 Å². The van der Waals surface area contributed by atoms with E-state index in [4.69, 9.17) is 0 Å². The fourth-order valence-corrected chi connectivity index (χ4v) is 1.75. The van der Waals surface area contributed by atoms with Gasteiger partial charge >= 0.3 is 0 Å². The summed E-state index contributed by atoms with van der Waals surface area (Å²) in [6.45, 7) is 5.73. The third kappa shape index (κ3) is 1.54. The zero-order valence-electron chi connectivity index (χ0n) is 9.19. The molecule has 0 aliphatic carbocycles. The molecular weight excluding hydrogens is 188 g/mol. The average Bonchev–Trinajstić information content (AvgIpc) is 2.60. The molecule has 2 aromatic rings. The molecule has 0 fully saturated rings. The fourth-order valence-electron chi connectivity index (χ4n) is 1.75. The van der Waals surface area contributed by atoms with Gasteiger partial charge in [-0.2, -0.15) is 0 Å². The Bertz CT molecular complexity index is 511. The molecule has 0 unspecified atom stereocenters. The van der Waals surface area contributed by atoms with Crippen LogP contribution in [-0.2, 0) is 0 Å². The first kappa shape index (κ1) is 9.90. The third-order valence-electron chi connectivity index (χ3n) is 2.46. The molecule has 0 aromatic carbocycles. The number of hydrogen-bond acceptors (Lipinski definition) is 2. The molecule has 2 aromatic heterocycles. The van der Waals surface area contributed by atoms with E-state index in [1.165, 1.54) is 0 Å². The number of rotatable bonds is 2. The minimum Gasteiger partial charge on any atom is -0.293 e. The van der Waals surface area contributed by atoms with Gasteiger partial charge in [-0.3, -0.25) is 9.20 Å². The molecule has 0 spiro atoms. The van der Waals surface area contributed by atoms with Crippen LogP contribution < -0.4 is 0 Å². The van der Waals surface area contributed by atoms with Crippen LogP contribution in [0.1, 0.15) is 43.0 Å². The third-order valence-corrected chi connectivity index (χ3v) is 2.46. The predicted molar refractivity (Wildman–Crippen MR) is 59.3 cm³/mol. The molecule has 78 valence electrons. The van der Waals surface area contributed by atoms with Crippen LogP contribution in [0, 0.1) is 0 Å². The van der Waals surface area contributed by atoms with Gasteiger partial charge in [0.05, 0.1) is 17.4 Å². The molecule has 0 saturated heterocycles. The second-order valence-electron chi connectivity index (χ2n) is 4.00. The van der Waals surface area contributed by atoms with Crippen molar-refractivity contribution in [1.82, 2.24) is 9.38 Å². The zero-order chi connectivity index (χ0) is 11.0. The Morgan fingerprint density at radius 2 is 2.13 bits per heavy atom. The van der Waals surface area contributed by atoms with Crippen molar-refractivity contribution in [3.05, 3.63) is 35.9 Å². The van der Waals surface area contributed by atoms with Gasteiger partial charge in [0.2, 0.25) is 0 Å². The van der Waals surface area contributed by atoms with Crippen molar-refractivity contribution in [3.8, 4) is 0 Å². The van der Waals surface area contributed by atoms with E-state index in [9.17, 15) is 4.79 Å². The quantitative estimate of drug-likeness (QED) is 0.701. The minimum atomic E-state index is 0.0699. The molecule has 3 nitrogen and oxygen atoms in total. The average molecular weight is 202 g/mol. The van der Waals surface area contributed by atoms with Crippen LogP contribution in [0.3, 0.4) is 0 Å². The van der Waals surface area contributed by atoms with Gasteiger partial charge in [-0.15, -0.1) is 0 Å². The minimum absolute atomic E-state index is 0.0699. The summed E-state index contributed by atoms with van der Waals surface area (Å²) in [7, 11) is 0. The number of carbonyl (C=O) groups excluding carboxylic acids is 1. The molecule has 15 heavy (non-hydrogen) atoms. The summed E-state index contributed by atoms with van der Waals surface area (Å²) < 4.78 is 1.94. The van der Waals surface area contributed by atoms with E-state index in [0.29, 0.717) is 11.6 Å². The van der Waals surface area contributed by atoms with Crippen LogP contribution in [0.15, 0.2) is 24.4 Å². The number of ketones is 1. The molecule has 0 saturated carbocycles.